The molecule has 0 saturated carbocycles. The number of anilines is 1. The van der Waals surface area contributed by atoms with Gasteiger partial charge in [0.2, 0.25) is 15.9 Å². The summed E-state index contributed by atoms with van der Waals surface area (Å²) in [6, 6.07) is 10.4. The molecule has 0 heterocycles. The van der Waals surface area contributed by atoms with Gasteiger partial charge in [-0.1, -0.05) is 18.2 Å². The summed E-state index contributed by atoms with van der Waals surface area (Å²) in [6.07, 6.45) is 1.42. The topological polar surface area (TPSA) is 66.5 Å². The molecule has 0 radical (unpaired) electrons. The Bertz CT molecular complexity index is 909. The van der Waals surface area contributed by atoms with Crippen LogP contribution in [-0.4, -0.2) is 31.7 Å². The first-order chi connectivity index (χ1) is 12.2. The van der Waals surface area contributed by atoms with Crippen LogP contribution in [0.25, 0.3) is 0 Å². The quantitative estimate of drug-likeness (QED) is 0.755. The Morgan fingerprint density at radius 1 is 1.19 bits per heavy atom. The molecule has 0 unspecified atom stereocenters. The monoisotopic (exact) mass is 376 g/mol. The third-order valence-electron chi connectivity index (χ3n) is 3.74. The van der Waals surface area contributed by atoms with Crippen molar-refractivity contribution in [1.29, 1.82) is 0 Å². The lowest BCUT2D eigenvalue weighted by Gasteiger charge is -2.21. The van der Waals surface area contributed by atoms with Crippen molar-refractivity contribution in [2.24, 2.45) is 0 Å². The molecule has 2 aromatic rings. The maximum atomic E-state index is 13.0. The van der Waals surface area contributed by atoms with Gasteiger partial charge in [0.1, 0.15) is 5.82 Å². The Kier molecular flexibility index (Phi) is 6.28. The second kappa shape index (κ2) is 8.25. The summed E-state index contributed by atoms with van der Waals surface area (Å²) >= 11 is 0. The maximum absolute atomic E-state index is 13.0. The molecular formula is C19H21FN2O3S. The first-order valence-corrected chi connectivity index (χ1v) is 9.42. The number of halogens is 1. The Morgan fingerprint density at radius 3 is 2.46 bits per heavy atom. The van der Waals surface area contributed by atoms with E-state index in [0.29, 0.717) is 11.3 Å². The average Bonchev–Trinajstić information content (AvgIpc) is 2.58. The molecule has 7 heteroatoms. The highest BCUT2D eigenvalue weighted by Crippen LogP contribution is 2.21. The van der Waals surface area contributed by atoms with Gasteiger partial charge in [0.05, 0.1) is 11.4 Å². The van der Waals surface area contributed by atoms with Gasteiger partial charge in [-0.15, -0.1) is 6.58 Å². The number of amides is 1. The summed E-state index contributed by atoms with van der Waals surface area (Å²) < 4.78 is 39.9. The molecule has 1 amide bonds. The van der Waals surface area contributed by atoms with Gasteiger partial charge in [0.15, 0.2) is 0 Å². The van der Waals surface area contributed by atoms with Crippen molar-refractivity contribution in [2.45, 2.75) is 18.7 Å². The van der Waals surface area contributed by atoms with E-state index >= 15 is 0 Å². The fraction of sp³-hybridized carbons (Fsp3) is 0.211. The van der Waals surface area contributed by atoms with Crippen LogP contribution in [0.3, 0.4) is 0 Å². The van der Waals surface area contributed by atoms with Crippen LogP contribution in [0.1, 0.15) is 11.1 Å². The summed E-state index contributed by atoms with van der Waals surface area (Å²) in [5.74, 6) is -0.943. The van der Waals surface area contributed by atoms with Gasteiger partial charge in [-0.2, -0.15) is 4.31 Å². The van der Waals surface area contributed by atoms with E-state index in [2.05, 4.69) is 11.9 Å². The van der Waals surface area contributed by atoms with Crippen LogP contribution in [0.5, 0.6) is 0 Å². The van der Waals surface area contributed by atoms with Gasteiger partial charge in [-0.25, -0.2) is 12.8 Å². The van der Waals surface area contributed by atoms with Gasteiger partial charge >= 0.3 is 0 Å². The normalized spacial score (nSPS) is 11.4. The van der Waals surface area contributed by atoms with Gasteiger partial charge in [0, 0.05) is 12.2 Å². The van der Waals surface area contributed by atoms with E-state index in [-0.39, 0.29) is 18.0 Å². The van der Waals surface area contributed by atoms with E-state index in [1.54, 1.807) is 26.0 Å². The SMILES string of the molecule is C=CCN(CC(=O)Nc1ccc(F)cc1)S(=O)(=O)c1cc(C)ccc1C. The van der Waals surface area contributed by atoms with Crippen molar-refractivity contribution in [3.8, 4) is 0 Å². The lowest BCUT2D eigenvalue weighted by Crippen LogP contribution is -2.38. The Morgan fingerprint density at radius 2 is 1.85 bits per heavy atom. The molecule has 0 fully saturated rings. The van der Waals surface area contributed by atoms with E-state index in [4.69, 9.17) is 0 Å². The largest absolute Gasteiger partial charge is 0.325 e. The second-order valence-electron chi connectivity index (χ2n) is 5.91. The van der Waals surface area contributed by atoms with E-state index in [1.165, 1.54) is 30.3 Å². The summed E-state index contributed by atoms with van der Waals surface area (Å²) in [6.45, 7) is 6.69. The van der Waals surface area contributed by atoms with Crippen LogP contribution in [0.2, 0.25) is 0 Å². The second-order valence-corrected chi connectivity index (χ2v) is 7.82. The summed E-state index contributed by atoms with van der Waals surface area (Å²) in [4.78, 5) is 12.4. The van der Waals surface area contributed by atoms with Crippen molar-refractivity contribution in [3.05, 3.63) is 72.1 Å². The van der Waals surface area contributed by atoms with Crippen molar-refractivity contribution >= 4 is 21.6 Å². The van der Waals surface area contributed by atoms with Crippen molar-refractivity contribution < 1.29 is 17.6 Å². The van der Waals surface area contributed by atoms with Crippen LogP contribution in [0.15, 0.2) is 60.0 Å². The molecule has 0 atom stereocenters. The van der Waals surface area contributed by atoms with Crippen molar-refractivity contribution in [2.75, 3.05) is 18.4 Å². The molecule has 0 saturated heterocycles. The van der Waals surface area contributed by atoms with E-state index in [0.717, 1.165) is 9.87 Å². The Hall–Kier alpha value is -2.51. The molecule has 2 aromatic carbocycles. The zero-order chi connectivity index (χ0) is 19.3. The fourth-order valence-electron chi connectivity index (χ4n) is 2.41. The molecule has 26 heavy (non-hydrogen) atoms. The molecule has 1 N–H and O–H groups in total. The molecule has 0 spiro atoms. The number of carbonyl (C=O) groups excluding carboxylic acids is 1. The number of hydrogen-bond acceptors (Lipinski definition) is 3. The minimum atomic E-state index is -3.87. The third-order valence-corrected chi connectivity index (χ3v) is 5.70. The molecule has 0 bridgehead atoms. The van der Waals surface area contributed by atoms with Crippen molar-refractivity contribution in [3.63, 3.8) is 0 Å². The first kappa shape index (κ1) is 19.8. The molecule has 0 aromatic heterocycles. The number of sulfonamides is 1. The first-order valence-electron chi connectivity index (χ1n) is 7.98. The number of carbonyl (C=O) groups is 1. The zero-order valence-electron chi connectivity index (χ0n) is 14.7. The van der Waals surface area contributed by atoms with Crippen LogP contribution < -0.4 is 5.32 Å². The number of benzene rings is 2. The lowest BCUT2D eigenvalue weighted by molar-refractivity contribution is -0.116. The molecule has 0 aliphatic heterocycles. The van der Waals surface area contributed by atoms with Crippen LogP contribution in [0.4, 0.5) is 10.1 Å². The molecule has 2 rings (SSSR count). The predicted molar refractivity (Wildman–Crippen MR) is 99.9 cm³/mol. The number of nitrogens with one attached hydrogen (secondary N) is 1. The smallest absolute Gasteiger partial charge is 0.244 e. The number of aryl methyl sites for hydroxylation is 2. The minimum Gasteiger partial charge on any atom is -0.325 e. The van der Waals surface area contributed by atoms with E-state index < -0.39 is 21.7 Å². The molecular weight excluding hydrogens is 355 g/mol. The maximum Gasteiger partial charge on any atom is 0.244 e. The minimum absolute atomic E-state index is 0.00739. The predicted octanol–water partition coefficient (Wildman–Crippen LogP) is 3.26. The molecule has 0 aliphatic rings. The van der Waals surface area contributed by atoms with Crippen LogP contribution >= 0.6 is 0 Å². The number of rotatable bonds is 7. The highest BCUT2D eigenvalue weighted by Gasteiger charge is 2.27. The summed E-state index contributed by atoms with van der Waals surface area (Å²) in [5.41, 5.74) is 1.80. The highest BCUT2D eigenvalue weighted by atomic mass is 32.2. The number of hydrogen-bond donors (Lipinski definition) is 1. The molecule has 0 aliphatic carbocycles. The average molecular weight is 376 g/mol. The standard InChI is InChI=1S/C19H21FN2O3S/c1-4-11-22(13-19(23)21-17-9-7-16(20)8-10-17)26(24,25)18-12-14(2)5-6-15(18)3/h4-10,12H,1,11,13H2,2-3H3,(H,21,23). The van der Waals surface area contributed by atoms with E-state index in [9.17, 15) is 17.6 Å². The summed E-state index contributed by atoms with van der Waals surface area (Å²) in [7, 11) is -3.87. The Balaban J connectivity index is 2.24. The zero-order valence-corrected chi connectivity index (χ0v) is 15.5. The van der Waals surface area contributed by atoms with E-state index in [1.807, 2.05) is 6.07 Å². The fourth-order valence-corrected chi connectivity index (χ4v) is 4.09. The Labute approximate surface area is 153 Å². The van der Waals surface area contributed by atoms with Gasteiger partial charge in [-0.3, -0.25) is 4.79 Å². The molecule has 138 valence electrons. The number of nitrogens with zero attached hydrogens (tertiary/aromatic N) is 1. The molecule has 5 nitrogen and oxygen atoms in total. The van der Waals surface area contributed by atoms with Crippen LogP contribution in [0, 0.1) is 19.7 Å². The van der Waals surface area contributed by atoms with Gasteiger partial charge in [-0.05, 0) is 55.3 Å². The van der Waals surface area contributed by atoms with Gasteiger partial charge in [0.25, 0.3) is 0 Å². The van der Waals surface area contributed by atoms with Crippen molar-refractivity contribution in [1.82, 2.24) is 4.31 Å². The highest BCUT2D eigenvalue weighted by molar-refractivity contribution is 7.89. The van der Waals surface area contributed by atoms with Crippen LogP contribution in [-0.2, 0) is 14.8 Å². The lowest BCUT2D eigenvalue weighted by atomic mass is 10.2. The summed E-state index contributed by atoms with van der Waals surface area (Å²) in [5, 5.41) is 2.56. The third kappa shape index (κ3) is 4.77. The van der Waals surface area contributed by atoms with Gasteiger partial charge < -0.3 is 5.32 Å².